The molecule has 0 spiro atoms. The quantitative estimate of drug-likeness (QED) is 0.850. The van der Waals surface area contributed by atoms with E-state index in [1.54, 1.807) is 0 Å². The highest BCUT2D eigenvalue weighted by atomic mass is 16.5. The average molecular weight is 315 g/mol. The Morgan fingerprint density at radius 1 is 1.22 bits per heavy atom. The molecular weight excluding hydrogens is 298 g/mol. The number of hydrogen-bond donors (Lipinski definition) is 1. The van der Waals surface area contributed by atoms with Crippen molar-refractivity contribution in [3.05, 3.63) is 46.4 Å². The molecule has 7 nitrogen and oxygen atoms in total. The van der Waals surface area contributed by atoms with E-state index in [0.29, 0.717) is 18.9 Å². The number of para-hydroxylation sites is 2. The molecule has 2 heterocycles. The normalized spacial score (nSPS) is 14.7. The fourth-order valence-corrected chi connectivity index (χ4v) is 2.56. The lowest BCUT2D eigenvalue weighted by Crippen LogP contribution is -2.37. The summed E-state index contributed by atoms with van der Waals surface area (Å²) in [6.45, 7) is 4.00. The van der Waals surface area contributed by atoms with Gasteiger partial charge in [-0.25, -0.2) is 4.68 Å². The van der Waals surface area contributed by atoms with Gasteiger partial charge in [0.05, 0.1) is 30.8 Å². The number of ether oxygens (including phenoxy) is 1. The number of aromatic hydroxyl groups is 1. The van der Waals surface area contributed by atoms with Gasteiger partial charge in [-0.2, -0.15) is 5.10 Å². The zero-order chi connectivity index (χ0) is 16.4. The van der Waals surface area contributed by atoms with Crippen molar-refractivity contribution < 1.29 is 14.6 Å². The van der Waals surface area contributed by atoms with Gasteiger partial charge in [0, 0.05) is 20.0 Å². The summed E-state index contributed by atoms with van der Waals surface area (Å²) in [5.41, 5.74) is 0.562. The van der Waals surface area contributed by atoms with Crippen molar-refractivity contribution in [1.82, 2.24) is 9.78 Å². The number of ketones is 1. The van der Waals surface area contributed by atoms with Crippen LogP contribution < -0.4 is 10.3 Å². The molecule has 0 aliphatic carbocycles. The maximum absolute atomic E-state index is 11.8. The molecule has 2 aromatic rings. The van der Waals surface area contributed by atoms with Gasteiger partial charge in [-0.15, -0.1) is 0 Å². The number of carbonyl (C=O) groups excluding carboxylic acids is 1. The zero-order valence-electron chi connectivity index (χ0n) is 12.7. The molecule has 1 N–H and O–H groups in total. The molecule has 23 heavy (non-hydrogen) atoms. The van der Waals surface area contributed by atoms with Crippen molar-refractivity contribution in [2.75, 3.05) is 31.2 Å². The van der Waals surface area contributed by atoms with Gasteiger partial charge in [0.25, 0.3) is 5.43 Å². The second kappa shape index (κ2) is 6.21. The Morgan fingerprint density at radius 3 is 2.52 bits per heavy atom. The molecular formula is C16H17N3O4. The third kappa shape index (κ3) is 2.95. The first-order valence-electron chi connectivity index (χ1n) is 7.34. The number of benzene rings is 1. The highest BCUT2D eigenvalue weighted by Gasteiger charge is 2.18. The van der Waals surface area contributed by atoms with Gasteiger partial charge in [-0.05, 0) is 12.1 Å². The van der Waals surface area contributed by atoms with Gasteiger partial charge in [-0.3, -0.25) is 9.59 Å². The topological polar surface area (TPSA) is 84.7 Å². The van der Waals surface area contributed by atoms with Crippen LogP contribution in [0, 0.1) is 0 Å². The lowest BCUT2D eigenvalue weighted by molar-refractivity contribution is 0.100. The molecule has 0 unspecified atom stereocenters. The average Bonchev–Trinajstić information content (AvgIpc) is 2.57. The molecule has 0 radical (unpaired) electrons. The second-order valence-corrected chi connectivity index (χ2v) is 5.28. The largest absolute Gasteiger partial charge is 0.503 e. The summed E-state index contributed by atoms with van der Waals surface area (Å²) in [6.07, 6.45) is 1.23. The van der Waals surface area contributed by atoms with E-state index < -0.39 is 17.0 Å². The Labute approximate surface area is 132 Å². The van der Waals surface area contributed by atoms with E-state index in [1.807, 2.05) is 24.3 Å². The number of Topliss-reactive ketones (excluding diaryl/α,β-unsaturated/α-hetero) is 1. The molecule has 0 atom stereocenters. The maximum Gasteiger partial charge on any atom is 0.252 e. The minimum Gasteiger partial charge on any atom is -0.503 e. The Balaban J connectivity index is 2.12. The summed E-state index contributed by atoms with van der Waals surface area (Å²) in [7, 11) is 0. The molecule has 0 saturated carbocycles. The molecule has 1 aromatic heterocycles. The standard InChI is InChI=1S/C16H17N3O4/c1-11(20)15-16(22)14(21)10-19(17-15)13-5-3-2-4-12(13)18-6-8-23-9-7-18/h2-5,10,21H,6-9H2,1H3. The molecule has 1 aliphatic heterocycles. The van der Waals surface area contributed by atoms with Crippen molar-refractivity contribution >= 4 is 11.5 Å². The summed E-state index contributed by atoms with van der Waals surface area (Å²) in [6, 6.07) is 7.50. The van der Waals surface area contributed by atoms with E-state index in [1.165, 1.54) is 17.8 Å². The monoisotopic (exact) mass is 315 g/mol. The molecule has 1 aliphatic rings. The number of hydrogen-bond acceptors (Lipinski definition) is 6. The van der Waals surface area contributed by atoms with E-state index in [-0.39, 0.29) is 5.69 Å². The lowest BCUT2D eigenvalue weighted by Gasteiger charge is -2.30. The summed E-state index contributed by atoms with van der Waals surface area (Å²) in [4.78, 5) is 25.5. The first-order chi connectivity index (χ1) is 11.1. The van der Waals surface area contributed by atoms with Crippen LogP contribution in [0.2, 0.25) is 0 Å². The van der Waals surface area contributed by atoms with Crippen molar-refractivity contribution in [2.24, 2.45) is 0 Å². The number of rotatable bonds is 3. The summed E-state index contributed by atoms with van der Waals surface area (Å²) in [5, 5.41) is 13.9. The van der Waals surface area contributed by atoms with E-state index in [2.05, 4.69) is 10.00 Å². The first-order valence-corrected chi connectivity index (χ1v) is 7.34. The van der Waals surface area contributed by atoms with Gasteiger partial charge < -0.3 is 14.7 Å². The highest BCUT2D eigenvalue weighted by Crippen LogP contribution is 2.25. The van der Waals surface area contributed by atoms with Crippen molar-refractivity contribution in [3.63, 3.8) is 0 Å². The third-order valence-electron chi connectivity index (χ3n) is 3.71. The minimum absolute atomic E-state index is 0.276. The van der Waals surface area contributed by atoms with E-state index >= 15 is 0 Å². The van der Waals surface area contributed by atoms with Gasteiger partial charge in [-0.1, -0.05) is 12.1 Å². The van der Waals surface area contributed by atoms with Crippen molar-refractivity contribution in [2.45, 2.75) is 6.92 Å². The molecule has 3 rings (SSSR count). The fraction of sp³-hybridized carbons (Fsp3) is 0.312. The van der Waals surface area contributed by atoms with Crippen molar-refractivity contribution in [3.8, 4) is 11.4 Å². The molecule has 1 fully saturated rings. The predicted octanol–water partition coefficient (Wildman–Crippen LogP) is 0.977. The highest BCUT2D eigenvalue weighted by molar-refractivity contribution is 5.92. The Hall–Kier alpha value is -2.67. The Bertz CT molecular complexity index is 794. The van der Waals surface area contributed by atoms with Crippen LogP contribution in [0.25, 0.3) is 5.69 Å². The second-order valence-electron chi connectivity index (χ2n) is 5.28. The first kappa shape index (κ1) is 15.2. The van der Waals surface area contributed by atoms with Crippen LogP contribution in [-0.4, -0.2) is 47.0 Å². The van der Waals surface area contributed by atoms with Gasteiger partial charge >= 0.3 is 0 Å². The number of aromatic nitrogens is 2. The SMILES string of the molecule is CC(=O)c1nn(-c2ccccc2N2CCOCC2)cc(O)c1=O. The van der Waals surface area contributed by atoms with Crippen LogP contribution in [-0.2, 0) is 4.74 Å². The van der Waals surface area contributed by atoms with E-state index in [9.17, 15) is 14.7 Å². The summed E-state index contributed by atoms with van der Waals surface area (Å²) >= 11 is 0. The van der Waals surface area contributed by atoms with Crippen LogP contribution in [0.5, 0.6) is 5.75 Å². The zero-order valence-corrected chi connectivity index (χ0v) is 12.7. The van der Waals surface area contributed by atoms with Crippen LogP contribution in [0.4, 0.5) is 5.69 Å². The number of morpholine rings is 1. The fourth-order valence-electron chi connectivity index (χ4n) is 2.56. The predicted molar refractivity (Wildman–Crippen MR) is 84.5 cm³/mol. The van der Waals surface area contributed by atoms with Crippen molar-refractivity contribution in [1.29, 1.82) is 0 Å². The molecule has 0 bridgehead atoms. The van der Waals surface area contributed by atoms with Crippen LogP contribution >= 0.6 is 0 Å². The Kier molecular flexibility index (Phi) is 4.12. The third-order valence-corrected chi connectivity index (χ3v) is 3.71. The van der Waals surface area contributed by atoms with Crippen LogP contribution in [0.15, 0.2) is 35.3 Å². The molecule has 1 saturated heterocycles. The smallest absolute Gasteiger partial charge is 0.252 e. The van der Waals surface area contributed by atoms with Gasteiger partial charge in [0.1, 0.15) is 0 Å². The number of anilines is 1. The van der Waals surface area contributed by atoms with E-state index in [4.69, 9.17) is 4.74 Å². The minimum atomic E-state index is -0.752. The molecule has 1 aromatic carbocycles. The molecule has 120 valence electrons. The van der Waals surface area contributed by atoms with Crippen LogP contribution in [0.1, 0.15) is 17.4 Å². The van der Waals surface area contributed by atoms with Gasteiger partial charge in [0.2, 0.25) is 0 Å². The molecule has 0 amide bonds. The summed E-state index contributed by atoms with van der Waals surface area (Å²) < 4.78 is 6.74. The number of carbonyl (C=O) groups is 1. The van der Waals surface area contributed by atoms with Crippen LogP contribution in [0.3, 0.4) is 0 Å². The van der Waals surface area contributed by atoms with E-state index in [0.717, 1.165) is 18.8 Å². The summed E-state index contributed by atoms with van der Waals surface area (Å²) in [5.74, 6) is -0.981. The molecule has 7 heteroatoms. The van der Waals surface area contributed by atoms with Gasteiger partial charge in [0.15, 0.2) is 17.2 Å². The maximum atomic E-state index is 11.8. The lowest BCUT2D eigenvalue weighted by atomic mass is 10.2. The number of nitrogens with zero attached hydrogens (tertiary/aromatic N) is 3. The Morgan fingerprint density at radius 2 is 1.87 bits per heavy atom.